The number of nitrogens with zero attached hydrogens (tertiary/aromatic N) is 1. The lowest BCUT2D eigenvalue weighted by Crippen LogP contribution is -2.50. The third kappa shape index (κ3) is 3.88. The summed E-state index contributed by atoms with van der Waals surface area (Å²) in [5.41, 5.74) is 5.24. The first kappa shape index (κ1) is 16.5. The molecule has 0 saturated carbocycles. The molecule has 1 aromatic carbocycles. The minimum atomic E-state index is -4.40. The Morgan fingerprint density at radius 3 is 2.68 bits per heavy atom. The van der Waals surface area contributed by atoms with Crippen LogP contribution in [0.25, 0.3) is 0 Å². The zero-order valence-electron chi connectivity index (χ0n) is 11.9. The van der Waals surface area contributed by atoms with Crippen LogP contribution in [0, 0.1) is 5.82 Å². The predicted molar refractivity (Wildman–Crippen MR) is 71.7 cm³/mol. The normalized spacial score (nSPS) is 22.7. The van der Waals surface area contributed by atoms with Crippen LogP contribution in [0.15, 0.2) is 18.2 Å². The second-order valence-corrected chi connectivity index (χ2v) is 5.30. The molecular formula is C14H16F4N2O2. The number of benzene rings is 1. The minimum absolute atomic E-state index is 0.0449. The molecule has 0 spiro atoms. The predicted octanol–water partition coefficient (Wildman–Crippen LogP) is 2.59. The van der Waals surface area contributed by atoms with Gasteiger partial charge in [-0.15, -0.1) is 0 Å². The lowest BCUT2D eigenvalue weighted by molar-refractivity contribution is -0.178. The van der Waals surface area contributed by atoms with E-state index in [0.29, 0.717) is 0 Å². The van der Waals surface area contributed by atoms with Gasteiger partial charge in [0.25, 0.3) is 5.91 Å². The molecule has 1 amide bonds. The molecule has 0 aliphatic carbocycles. The Kier molecular flexibility index (Phi) is 4.60. The maximum absolute atomic E-state index is 13.8. The third-order valence-corrected chi connectivity index (χ3v) is 3.33. The van der Waals surface area contributed by atoms with E-state index in [1.54, 1.807) is 6.92 Å². The van der Waals surface area contributed by atoms with Crippen LogP contribution in [0.2, 0.25) is 0 Å². The van der Waals surface area contributed by atoms with Crippen molar-refractivity contribution in [2.45, 2.75) is 31.7 Å². The molecule has 0 aromatic heterocycles. The van der Waals surface area contributed by atoms with E-state index >= 15 is 0 Å². The molecular weight excluding hydrogens is 304 g/mol. The van der Waals surface area contributed by atoms with E-state index in [9.17, 15) is 22.4 Å². The van der Waals surface area contributed by atoms with E-state index in [1.807, 2.05) is 0 Å². The third-order valence-electron chi connectivity index (χ3n) is 3.33. The Hall–Kier alpha value is -1.83. The van der Waals surface area contributed by atoms with E-state index in [0.717, 1.165) is 11.0 Å². The Morgan fingerprint density at radius 2 is 2.09 bits per heavy atom. The van der Waals surface area contributed by atoms with Gasteiger partial charge in [-0.25, -0.2) is 4.39 Å². The van der Waals surface area contributed by atoms with Crippen LogP contribution in [-0.2, 0) is 4.74 Å². The second-order valence-electron chi connectivity index (χ2n) is 5.30. The van der Waals surface area contributed by atoms with Crippen molar-refractivity contribution in [3.8, 4) is 0 Å². The number of carbonyl (C=O) groups is 1. The zero-order valence-corrected chi connectivity index (χ0v) is 11.9. The summed E-state index contributed by atoms with van der Waals surface area (Å²) in [5.74, 6) is -1.52. The highest BCUT2D eigenvalue weighted by atomic mass is 19.4. The minimum Gasteiger partial charge on any atom is -0.398 e. The second kappa shape index (κ2) is 6.12. The first-order chi connectivity index (χ1) is 10.2. The molecule has 1 heterocycles. The summed E-state index contributed by atoms with van der Waals surface area (Å²) in [6, 6.07) is 3.81. The number of rotatable bonds is 2. The molecule has 8 heteroatoms. The summed E-state index contributed by atoms with van der Waals surface area (Å²) in [5, 5.41) is 0. The molecule has 1 fully saturated rings. The van der Waals surface area contributed by atoms with Crippen LogP contribution in [0.3, 0.4) is 0 Å². The maximum atomic E-state index is 13.8. The van der Waals surface area contributed by atoms with Gasteiger partial charge >= 0.3 is 6.18 Å². The number of alkyl halides is 3. The number of nitrogens with two attached hydrogens (primary N) is 1. The van der Waals surface area contributed by atoms with Gasteiger partial charge in [-0.05, 0) is 19.1 Å². The lowest BCUT2D eigenvalue weighted by atomic mass is 10.1. The fourth-order valence-corrected chi connectivity index (χ4v) is 2.51. The number of hydrogen-bond donors (Lipinski definition) is 1. The molecule has 122 valence electrons. The fourth-order valence-electron chi connectivity index (χ4n) is 2.51. The van der Waals surface area contributed by atoms with Crippen LogP contribution in [0.4, 0.5) is 23.2 Å². The van der Waals surface area contributed by atoms with Crippen molar-refractivity contribution in [3.05, 3.63) is 29.6 Å². The monoisotopic (exact) mass is 320 g/mol. The first-order valence-corrected chi connectivity index (χ1v) is 6.73. The number of carbonyl (C=O) groups excluding carboxylic acids is 1. The van der Waals surface area contributed by atoms with E-state index in [4.69, 9.17) is 10.5 Å². The van der Waals surface area contributed by atoms with Crippen molar-refractivity contribution in [2.75, 3.05) is 18.8 Å². The highest BCUT2D eigenvalue weighted by molar-refractivity contribution is 5.99. The van der Waals surface area contributed by atoms with Crippen LogP contribution in [0.5, 0.6) is 0 Å². The highest BCUT2D eigenvalue weighted by Crippen LogP contribution is 2.27. The molecule has 4 nitrogen and oxygen atoms in total. The average molecular weight is 320 g/mol. The Balaban J connectivity index is 2.18. The van der Waals surface area contributed by atoms with Gasteiger partial charge in [0.2, 0.25) is 0 Å². The topological polar surface area (TPSA) is 55.6 Å². The van der Waals surface area contributed by atoms with Gasteiger partial charge in [0, 0.05) is 18.8 Å². The maximum Gasteiger partial charge on any atom is 0.391 e. The number of ether oxygens (including phenoxy) is 1. The van der Waals surface area contributed by atoms with Crippen molar-refractivity contribution in [2.24, 2.45) is 0 Å². The molecule has 1 aromatic rings. The van der Waals surface area contributed by atoms with Crippen molar-refractivity contribution in [1.29, 1.82) is 0 Å². The summed E-state index contributed by atoms with van der Waals surface area (Å²) < 4.78 is 56.4. The van der Waals surface area contributed by atoms with E-state index < -0.39 is 36.5 Å². The molecule has 2 atom stereocenters. The summed E-state index contributed by atoms with van der Waals surface area (Å²) >= 11 is 0. The fraction of sp³-hybridized carbons (Fsp3) is 0.500. The zero-order chi connectivity index (χ0) is 16.5. The quantitative estimate of drug-likeness (QED) is 0.673. The number of morpholine rings is 1. The summed E-state index contributed by atoms with van der Waals surface area (Å²) in [4.78, 5) is 13.5. The molecule has 1 saturated heterocycles. The Labute approximate surface area is 124 Å². The lowest BCUT2D eigenvalue weighted by Gasteiger charge is -2.37. The van der Waals surface area contributed by atoms with Crippen molar-refractivity contribution in [1.82, 2.24) is 4.90 Å². The van der Waals surface area contributed by atoms with Crippen molar-refractivity contribution >= 4 is 11.6 Å². The van der Waals surface area contributed by atoms with E-state index in [-0.39, 0.29) is 24.3 Å². The smallest absolute Gasteiger partial charge is 0.391 e. The standard InChI is InChI=1S/C14H16F4N2O2/c1-8-6-20(7-9(22-8)5-14(16,17)18)13(21)12-10(15)3-2-4-11(12)19/h2-4,8-9H,5-7,19H2,1H3. The summed E-state index contributed by atoms with van der Waals surface area (Å²) in [7, 11) is 0. The molecule has 22 heavy (non-hydrogen) atoms. The average Bonchev–Trinajstić information content (AvgIpc) is 2.35. The van der Waals surface area contributed by atoms with Gasteiger partial charge in [-0.1, -0.05) is 6.07 Å². The van der Waals surface area contributed by atoms with Gasteiger partial charge in [0.15, 0.2) is 0 Å². The van der Waals surface area contributed by atoms with Crippen LogP contribution in [-0.4, -0.2) is 42.3 Å². The highest BCUT2D eigenvalue weighted by Gasteiger charge is 2.38. The molecule has 2 rings (SSSR count). The Morgan fingerprint density at radius 1 is 1.41 bits per heavy atom. The van der Waals surface area contributed by atoms with Crippen LogP contribution in [0.1, 0.15) is 23.7 Å². The number of hydrogen-bond acceptors (Lipinski definition) is 3. The molecule has 0 radical (unpaired) electrons. The molecule has 1 aliphatic heterocycles. The molecule has 2 N–H and O–H groups in total. The number of amides is 1. The number of nitrogen functional groups attached to an aromatic ring is 1. The number of anilines is 1. The molecule has 2 unspecified atom stereocenters. The van der Waals surface area contributed by atoms with Gasteiger partial charge in [0.1, 0.15) is 5.82 Å². The van der Waals surface area contributed by atoms with Crippen LogP contribution >= 0.6 is 0 Å². The largest absolute Gasteiger partial charge is 0.398 e. The Bertz CT molecular complexity index is 542. The van der Waals surface area contributed by atoms with Gasteiger partial charge in [-0.3, -0.25) is 4.79 Å². The van der Waals surface area contributed by atoms with Gasteiger partial charge < -0.3 is 15.4 Å². The summed E-state index contributed by atoms with van der Waals surface area (Å²) in [6.07, 6.45) is -7.29. The van der Waals surface area contributed by atoms with E-state index in [1.165, 1.54) is 12.1 Å². The number of halogens is 4. The SMILES string of the molecule is CC1CN(C(=O)c2c(N)cccc2F)CC(CC(F)(F)F)O1. The van der Waals surface area contributed by atoms with Gasteiger partial charge in [0.05, 0.1) is 24.2 Å². The molecule has 0 bridgehead atoms. The van der Waals surface area contributed by atoms with Crippen LogP contribution < -0.4 is 5.73 Å². The summed E-state index contributed by atoms with van der Waals surface area (Å²) in [6.45, 7) is 1.39. The van der Waals surface area contributed by atoms with Crippen molar-refractivity contribution < 1.29 is 27.1 Å². The van der Waals surface area contributed by atoms with E-state index in [2.05, 4.69) is 0 Å². The molecule has 1 aliphatic rings. The van der Waals surface area contributed by atoms with Gasteiger partial charge in [-0.2, -0.15) is 13.2 Å². The van der Waals surface area contributed by atoms with Crippen molar-refractivity contribution in [3.63, 3.8) is 0 Å². The first-order valence-electron chi connectivity index (χ1n) is 6.73.